The zero-order chi connectivity index (χ0) is 10.2. The molecule has 1 aliphatic rings. The monoisotopic (exact) mass is 183 g/mol. The van der Waals surface area contributed by atoms with Crippen molar-refractivity contribution in [3.05, 3.63) is 0 Å². The Labute approximate surface area is 74.8 Å². The Morgan fingerprint density at radius 2 is 1.77 bits per heavy atom. The highest BCUT2D eigenvalue weighted by atomic mass is 16.2. The Hall–Kier alpha value is -1.72. The predicted octanol–water partition coefficient (Wildman–Crippen LogP) is -0.545. The molecule has 0 radical (unpaired) electrons. The van der Waals surface area contributed by atoms with E-state index in [0.29, 0.717) is 0 Å². The molecule has 1 aliphatic heterocycles. The Bertz CT molecular complexity index is 321. The molecule has 0 unspecified atom stereocenters. The van der Waals surface area contributed by atoms with Crippen molar-refractivity contribution >= 4 is 23.7 Å². The van der Waals surface area contributed by atoms with Crippen LogP contribution in [0.2, 0.25) is 0 Å². The normalized spacial score (nSPS) is 20.4. The molecule has 1 saturated heterocycles. The van der Waals surface area contributed by atoms with Gasteiger partial charge in [-0.15, -0.1) is 0 Å². The Morgan fingerprint density at radius 3 is 2.08 bits per heavy atom. The van der Waals surface area contributed by atoms with Crippen LogP contribution in [0, 0.1) is 0 Å². The number of carbonyl (C=O) groups is 3. The number of hydrogen-bond acceptors (Lipinski definition) is 3. The third-order valence-corrected chi connectivity index (χ3v) is 1.65. The van der Waals surface area contributed by atoms with Crippen molar-refractivity contribution in [3.8, 4) is 0 Å². The fourth-order valence-electron chi connectivity index (χ4n) is 0.968. The summed E-state index contributed by atoms with van der Waals surface area (Å²) in [6, 6.07) is -0.481. The van der Waals surface area contributed by atoms with Crippen LogP contribution in [0.4, 0.5) is 4.79 Å². The molecule has 4 amide bonds. The SMILES string of the molecule is CC(=O)N=C1C(=O)N(C)C(=O)N1C. The van der Waals surface area contributed by atoms with Crippen molar-refractivity contribution in [2.45, 2.75) is 6.92 Å². The third-order valence-electron chi connectivity index (χ3n) is 1.65. The summed E-state index contributed by atoms with van der Waals surface area (Å²) in [6.45, 7) is 1.22. The Morgan fingerprint density at radius 1 is 1.23 bits per heavy atom. The quantitative estimate of drug-likeness (QED) is 0.473. The van der Waals surface area contributed by atoms with Gasteiger partial charge in [0.05, 0.1) is 0 Å². The van der Waals surface area contributed by atoms with Crippen LogP contribution in [0.1, 0.15) is 6.92 Å². The van der Waals surface area contributed by atoms with Crippen molar-refractivity contribution in [1.82, 2.24) is 9.80 Å². The second kappa shape index (κ2) is 2.96. The summed E-state index contributed by atoms with van der Waals surface area (Å²) in [7, 11) is 2.73. The van der Waals surface area contributed by atoms with Crippen molar-refractivity contribution in [1.29, 1.82) is 0 Å². The van der Waals surface area contributed by atoms with Gasteiger partial charge in [-0.2, -0.15) is 4.99 Å². The second-order valence-electron chi connectivity index (χ2n) is 2.66. The van der Waals surface area contributed by atoms with Gasteiger partial charge in [0.1, 0.15) is 0 Å². The van der Waals surface area contributed by atoms with Crippen LogP contribution in [-0.2, 0) is 9.59 Å². The molecular weight excluding hydrogens is 174 g/mol. The maximum atomic E-state index is 11.2. The van der Waals surface area contributed by atoms with Crippen LogP contribution in [0.3, 0.4) is 0 Å². The summed E-state index contributed by atoms with van der Waals surface area (Å²) >= 11 is 0. The molecular formula is C7H9N3O3. The predicted molar refractivity (Wildman–Crippen MR) is 44.0 cm³/mol. The molecule has 0 spiro atoms. The molecule has 0 aromatic heterocycles. The molecule has 0 saturated carbocycles. The van der Waals surface area contributed by atoms with Crippen LogP contribution in [0.15, 0.2) is 4.99 Å². The van der Waals surface area contributed by atoms with Crippen LogP contribution in [0.5, 0.6) is 0 Å². The summed E-state index contributed by atoms with van der Waals surface area (Å²) in [5.74, 6) is -1.18. The van der Waals surface area contributed by atoms with Gasteiger partial charge in [-0.1, -0.05) is 0 Å². The number of rotatable bonds is 0. The molecule has 0 atom stereocenters. The molecule has 6 heteroatoms. The second-order valence-corrected chi connectivity index (χ2v) is 2.66. The van der Waals surface area contributed by atoms with Crippen LogP contribution < -0.4 is 0 Å². The fourth-order valence-corrected chi connectivity index (χ4v) is 0.968. The lowest BCUT2D eigenvalue weighted by Crippen LogP contribution is -2.27. The summed E-state index contributed by atoms with van der Waals surface area (Å²) in [5, 5.41) is 0. The van der Waals surface area contributed by atoms with Gasteiger partial charge in [-0.3, -0.25) is 19.4 Å². The number of likely N-dealkylation sites (N-methyl/N-ethyl adjacent to an activating group) is 2. The smallest absolute Gasteiger partial charge is 0.276 e. The van der Waals surface area contributed by atoms with E-state index in [0.717, 1.165) is 9.80 Å². The van der Waals surface area contributed by atoms with E-state index in [2.05, 4.69) is 4.99 Å². The van der Waals surface area contributed by atoms with Crippen molar-refractivity contribution in [2.75, 3.05) is 14.1 Å². The van der Waals surface area contributed by atoms with Crippen LogP contribution in [0.25, 0.3) is 0 Å². The lowest BCUT2D eigenvalue weighted by molar-refractivity contribution is -0.120. The summed E-state index contributed by atoms with van der Waals surface area (Å²) in [4.78, 5) is 38.4. The minimum Gasteiger partial charge on any atom is -0.276 e. The van der Waals surface area contributed by atoms with E-state index in [1.165, 1.54) is 21.0 Å². The largest absolute Gasteiger partial charge is 0.332 e. The average Bonchev–Trinajstić information content (AvgIpc) is 2.22. The van der Waals surface area contributed by atoms with Gasteiger partial charge in [0, 0.05) is 21.0 Å². The highest BCUT2D eigenvalue weighted by Gasteiger charge is 2.37. The number of imide groups is 1. The highest BCUT2D eigenvalue weighted by molar-refractivity contribution is 6.47. The first-order valence-corrected chi connectivity index (χ1v) is 3.60. The van der Waals surface area contributed by atoms with Gasteiger partial charge in [-0.25, -0.2) is 4.79 Å². The molecule has 0 aromatic carbocycles. The van der Waals surface area contributed by atoms with E-state index in [9.17, 15) is 14.4 Å². The molecule has 13 heavy (non-hydrogen) atoms. The number of amidine groups is 1. The zero-order valence-electron chi connectivity index (χ0n) is 7.57. The van der Waals surface area contributed by atoms with Crippen molar-refractivity contribution in [3.63, 3.8) is 0 Å². The Kier molecular flexibility index (Phi) is 2.14. The zero-order valence-corrected chi connectivity index (χ0v) is 7.57. The first-order chi connectivity index (χ1) is 5.95. The van der Waals surface area contributed by atoms with E-state index in [1.54, 1.807) is 0 Å². The molecule has 0 N–H and O–H groups in total. The maximum Gasteiger partial charge on any atom is 0.332 e. The number of aliphatic imine (C=N–C) groups is 1. The molecule has 0 aliphatic carbocycles. The van der Waals surface area contributed by atoms with Crippen molar-refractivity contribution < 1.29 is 14.4 Å². The number of hydrogen-bond donors (Lipinski definition) is 0. The number of amides is 4. The first kappa shape index (κ1) is 9.37. The van der Waals surface area contributed by atoms with Crippen LogP contribution in [-0.4, -0.2) is 47.6 Å². The van der Waals surface area contributed by atoms with Gasteiger partial charge in [-0.05, 0) is 0 Å². The topological polar surface area (TPSA) is 70.0 Å². The van der Waals surface area contributed by atoms with E-state index in [-0.39, 0.29) is 5.84 Å². The number of nitrogens with zero attached hydrogens (tertiary/aromatic N) is 3. The first-order valence-electron chi connectivity index (χ1n) is 3.60. The van der Waals surface area contributed by atoms with Crippen LogP contribution >= 0.6 is 0 Å². The molecule has 0 bridgehead atoms. The van der Waals surface area contributed by atoms with Gasteiger partial charge >= 0.3 is 6.03 Å². The molecule has 1 fully saturated rings. The molecule has 70 valence electrons. The van der Waals surface area contributed by atoms with Gasteiger partial charge in [0.25, 0.3) is 5.91 Å². The lowest BCUT2D eigenvalue weighted by Gasteiger charge is -2.05. The van der Waals surface area contributed by atoms with E-state index < -0.39 is 17.8 Å². The molecule has 1 rings (SSSR count). The molecule has 6 nitrogen and oxygen atoms in total. The van der Waals surface area contributed by atoms with E-state index >= 15 is 0 Å². The average molecular weight is 183 g/mol. The standard InChI is InChI=1S/C7H9N3O3/c1-4(11)8-5-6(12)10(3)7(13)9(5)2/h1-3H3. The summed E-state index contributed by atoms with van der Waals surface area (Å²) in [6.07, 6.45) is 0. The highest BCUT2D eigenvalue weighted by Crippen LogP contribution is 2.08. The minimum atomic E-state index is -0.553. The minimum absolute atomic E-state index is 0.125. The van der Waals surface area contributed by atoms with E-state index in [4.69, 9.17) is 0 Å². The van der Waals surface area contributed by atoms with E-state index in [1.807, 2.05) is 0 Å². The number of carbonyl (C=O) groups excluding carboxylic acids is 3. The lowest BCUT2D eigenvalue weighted by atomic mass is 10.5. The van der Waals surface area contributed by atoms with Gasteiger partial charge in [0.15, 0.2) is 0 Å². The third kappa shape index (κ3) is 1.42. The van der Waals surface area contributed by atoms with Gasteiger partial charge < -0.3 is 0 Å². The van der Waals surface area contributed by atoms with Gasteiger partial charge in [0.2, 0.25) is 11.7 Å². The van der Waals surface area contributed by atoms with Crippen molar-refractivity contribution in [2.24, 2.45) is 4.99 Å². The Balaban J connectivity index is 3.08. The number of urea groups is 1. The summed E-state index contributed by atoms with van der Waals surface area (Å²) < 4.78 is 0. The molecule has 1 heterocycles. The summed E-state index contributed by atoms with van der Waals surface area (Å²) in [5.41, 5.74) is 0. The molecule has 0 aromatic rings. The fraction of sp³-hybridized carbons (Fsp3) is 0.429. The maximum absolute atomic E-state index is 11.2.